The van der Waals surface area contributed by atoms with Crippen LogP contribution in [0, 0.1) is 0 Å². The van der Waals surface area contributed by atoms with Crippen molar-refractivity contribution in [1.29, 1.82) is 0 Å². The number of hydrogen-bond acceptors (Lipinski definition) is 3. The zero-order chi connectivity index (χ0) is 13.7. The van der Waals surface area contributed by atoms with Crippen LogP contribution in [0.25, 0.3) is 0 Å². The van der Waals surface area contributed by atoms with Crippen molar-refractivity contribution < 1.29 is 14.0 Å². The second-order valence-corrected chi connectivity index (χ2v) is 3.97. The van der Waals surface area contributed by atoms with Crippen molar-refractivity contribution in [3.8, 4) is 0 Å². The topological polar surface area (TPSA) is 71.3 Å². The van der Waals surface area contributed by atoms with Gasteiger partial charge < -0.3 is 15.1 Å². The minimum Gasteiger partial charge on any atom is -0.468 e. The maximum atomic E-state index is 11.9. The monoisotopic (exact) mass is 278 g/mol. The summed E-state index contributed by atoms with van der Waals surface area (Å²) >= 11 is 5.39. The van der Waals surface area contributed by atoms with Crippen molar-refractivity contribution in [1.82, 2.24) is 0 Å². The maximum Gasteiger partial charge on any atom is 0.255 e. The first-order valence-electron chi connectivity index (χ1n) is 5.49. The molecular formula is C13H11ClN2O3. The molecule has 19 heavy (non-hydrogen) atoms. The highest BCUT2D eigenvalue weighted by atomic mass is 35.5. The van der Waals surface area contributed by atoms with E-state index in [9.17, 15) is 9.59 Å². The van der Waals surface area contributed by atoms with Crippen LogP contribution < -0.4 is 10.6 Å². The van der Waals surface area contributed by atoms with Crippen molar-refractivity contribution >= 4 is 34.8 Å². The summed E-state index contributed by atoms with van der Waals surface area (Å²) < 4.78 is 4.96. The molecule has 0 unspecified atom stereocenters. The lowest BCUT2D eigenvalue weighted by molar-refractivity contribution is -0.113. The van der Waals surface area contributed by atoms with E-state index in [0.29, 0.717) is 16.9 Å². The van der Waals surface area contributed by atoms with E-state index >= 15 is 0 Å². The fourth-order valence-corrected chi connectivity index (χ4v) is 1.53. The number of carbonyl (C=O) groups is 2. The average molecular weight is 279 g/mol. The van der Waals surface area contributed by atoms with Crippen LogP contribution in [-0.2, 0) is 4.79 Å². The Kier molecular flexibility index (Phi) is 4.20. The molecule has 2 rings (SSSR count). The van der Waals surface area contributed by atoms with Crippen LogP contribution in [0.2, 0.25) is 0 Å². The molecule has 2 N–H and O–H groups in total. The van der Waals surface area contributed by atoms with Crippen molar-refractivity contribution in [2.24, 2.45) is 0 Å². The highest BCUT2D eigenvalue weighted by Crippen LogP contribution is 2.23. The van der Waals surface area contributed by atoms with Crippen LogP contribution in [0.1, 0.15) is 10.4 Å². The summed E-state index contributed by atoms with van der Waals surface area (Å²) in [7, 11) is 0. The van der Waals surface area contributed by atoms with Gasteiger partial charge in [0.05, 0.1) is 0 Å². The number of hydrogen-bond donors (Lipinski definition) is 2. The van der Waals surface area contributed by atoms with Crippen LogP contribution in [0.5, 0.6) is 0 Å². The van der Waals surface area contributed by atoms with Gasteiger partial charge in [-0.15, -0.1) is 11.6 Å². The lowest BCUT2D eigenvalue weighted by Crippen LogP contribution is -2.16. The Hall–Kier alpha value is -2.27. The number of amides is 2. The van der Waals surface area contributed by atoms with Gasteiger partial charge in [-0.2, -0.15) is 0 Å². The SMILES string of the molecule is O=C(CCl)Nc1cocc1NC(=O)c1ccccc1. The van der Waals surface area contributed by atoms with Crippen molar-refractivity contribution in [2.45, 2.75) is 0 Å². The Bertz CT molecular complexity index is 581. The highest BCUT2D eigenvalue weighted by molar-refractivity contribution is 6.29. The average Bonchev–Trinajstić information content (AvgIpc) is 2.86. The van der Waals surface area contributed by atoms with E-state index in [-0.39, 0.29) is 17.7 Å². The van der Waals surface area contributed by atoms with E-state index in [4.69, 9.17) is 16.0 Å². The summed E-state index contributed by atoms with van der Waals surface area (Å²) in [4.78, 5) is 23.1. The van der Waals surface area contributed by atoms with E-state index in [1.165, 1.54) is 12.5 Å². The Morgan fingerprint density at radius 3 is 2.32 bits per heavy atom. The third-order valence-electron chi connectivity index (χ3n) is 2.34. The molecule has 1 aromatic carbocycles. The second-order valence-electron chi connectivity index (χ2n) is 3.70. The Balaban J connectivity index is 2.10. The van der Waals surface area contributed by atoms with Crippen LogP contribution in [0.3, 0.4) is 0 Å². The minimum absolute atomic E-state index is 0.169. The number of halogens is 1. The quantitative estimate of drug-likeness (QED) is 0.845. The van der Waals surface area contributed by atoms with Crippen LogP contribution in [0.15, 0.2) is 47.3 Å². The minimum atomic E-state index is -0.377. The Morgan fingerprint density at radius 1 is 1.05 bits per heavy atom. The van der Waals surface area contributed by atoms with Gasteiger partial charge in [0.15, 0.2) is 0 Å². The number of benzene rings is 1. The smallest absolute Gasteiger partial charge is 0.255 e. The Labute approximate surface area is 114 Å². The van der Waals surface area contributed by atoms with Crippen LogP contribution in [-0.4, -0.2) is 17.7 Å². The highest BCUT2D eigenvalue weighted by Gasteiger charge is 2.12. The van der Waals surface area contributed by atoms with E-state index in [1.807, 2.05) is 6.07 Å². The molecule has 0 atom stereocenters. The molecule has 0 aliphatic carbocycles. The molecule has 0 radical (unpaired) electrons. The summed E-state index contributed by atoms with van der Waals surface area (Å²) in [6, 6.07) is 8.72. The van der Waals surface area contributed by atoms with Crippen molar-refractivity contribution in [3.05, 3.63) is 48.4 Å². The number of carbonyl (C=O) groups excluding carboxylic acids is 2. The zero-order valence-corrected chi connectivity index (χ0v) is 10.6. The predicted molar refractivity (Wildman–Crippen MR) is 72.5 cm³/mol. The molecule has 0 aliphatic heterocycles. The standard InChI is InChI=1S/C13H11ClN2O3/c14-6-12(17)15-10-7-19-8-11(10)16-13(18)9-4-2-1-3-5-9/h1-5,7-8H,6H2,(H,15,17)(H,16,18). The summed E-state index contributed by atoms with van der Waals surface area (Å²) in [5, 5.41) is 5.16. The van der Waals surface area contributed by atoms with Gasteiger partial charge in [0.1, 0.15) is 29.8 Å². The lowest BCUT2D eigenvalue weighted by atomic mass is 10.2. The van der Waals surface area contributed by atoms with Gasteiger partial charge in [0, 0.05) is 5.56 Å². The largest absolute Gasteiger partial charge is 0.468 e. The second kappa shape index (κ2) is 6.06. The summed E-state index contributed by atoms with van der Waals surface area (Å²) in [5.74, 6) is -0.835. The molecule has 0 spiro atoms. The van der Waals surface area contributed by atoms with Crippen LogP contribution >= 0.6 is 11.6 Å². The summed E-state index contributed by atoms with van der Waals surface area (Å²) in [6.45, 7) is 0. The van der Waals surface area contributed by atoms with E-state index in [2.05, 4.69) is 10.6 Å². The molecular weight excluding hydrogens is 268 g/mol. The molecule has 1 heterocycles. The fraction of sp³-hybridized carbons (Fsp3) is 0.0769. The van der Waals surface area contributed by atoms with Gasteiger partial charge in [-0.1, -0.05) is 18.2 Å². The maximum absolute atomic E-state index is 11.9. The number of rotatable bonds is 4. The van der Waals surface area contributed by atoms with E-state index < -0.39 is 0 Å². The van der Waals surface area contributed by atoms with Crippen molar-refractivity contribution in [3.63, 3.8) is 0 Å². The molecule has 0 saturated carbocycles. The lowest BCUT2D eigenvalue weighted by Gasteiger charge is -2.06. The zero-order valence-electron chi connectivity index (χ0n) is 9.85. The molecule has 0 fully saturated rings. The molecule has 6 heteroatoms. The van der Waals surface area contributed by atoms with Gasteiger partial charge >= 0.3 is 0 Å². The fourth-order valence-electron chi connectivity index (χ4n) is 1.46. The third kappa shape index (κ3) is 3.35. The number of furan rings is 1. The first-order chi connectivity index (χ1) is 9.20. The van der Waals surface area contributed by atoms with Crippen molar-refractivity contribution in [2.75, 3.05) is 16.5 Å². The molecule has 2 aromatic rings. The Morgan fingerprint density at radius 2 is 1.68 bits per heavy atom. The third-order valence-corrected chi connectivity index (χ3v) is 2.58. The van der Waals surface area contributed by atoms with E-state index in [1.54, 1.807) is 24.3 Å². The normalized spacial score (nSPS) is 9.95. The van der Waals surface area contributed by atoms with Crippen LogP contribution in [0.4, 0.5) is 11.4 Å². The van der Waals surface area contributed by atoms with Gasteiger partial charge in [0.2, 0.25) is 5.91 Å². The summed E-state index contributed by atoms with van der Waals surface area (Å²) in [5.41, 5.74) is 1.26. The van der Waals surface area contributed by atoms with Gasteiger partial charge in [-0.25, -0.2) is 0 Å². The molecule has 0 saturated heterocycles. The number of nitrogens with one attached hydrogen (secondary N) is 2. The van der Waals surface area contributed by atoms with Gasteiger partial charge in [-0.05, 0) is 12.1 Å². The van der Waals surface area contributed by atoms with Gasteiger partial charge in [0.25, 0.3) is 5.91 Å². The number of alkyl halides is 1. The number of anilines is 2. The molecule has 2 amide bonds. The molecule has 0 bridgehead atoms. The molecule has 98 valence electrons. The van der Waals surface area contributed by atoms with Gasteiger partial charge in [-0.3, -0.25) is 9.59 Å². The summed E-state index contributed by atoms with van der Waals surface area (Å²) in [6.07, 6.45) is 2.66. The first-order valence-corrected chi connectivity index (χ1v) is 6.02. The van der Waals surface area contributed by atoms with E-state index in [0.717, 1.165) is 0 Å². The molecule has 5 nitrogen and oxygen atoms in total. The first kappa shape index (κ1) is 13.2. The molecule has 0 aliphatic rings. The molecule has 1 aromatic heterocycles. The predicted octanol–water partition coefficient (Wildman–Crippen LogP) is 2.71.